The number of aliphatic hydroxyl groups excluding tert-OH is 1. The molecule has 4 heteroatoms. The third-order valence-electron chi connectivity index (χ3n) is 3.97. The number of rotatable bonds is 4. The summed E-state index contributed by atoms with van der Waals surface area (Å²) >= 11 is 0. The predicted molar refractivity (Wildman–Crippen MR) is 72.7 cm³/mol. The van der Waals surface area contributed by atoms with Crippen molar-refractivity contribution in [3.05, 3.63) is 35.4 Å². The number of esters is 1. The molecule has 104 valence electrons. The number of carbonyl (C=O) groups is 1. The van der Waals surface area contributed by atoms with Crippen molar-refractivity contribution in [2.75, 3.05) is 7.11 Å². The largest absolute Gasteiger partial charge is 0.465 e. The summed E-state index contributed by atoms with van der Waals surface area (Å²) in [6.07, 6.45) is 3.95. The van der Waals surface area contributed by atoms with E-state index in [1.54, 1.807) is 24.3 Å². The van der Waals surface area contributed by atoms with E-state index in [0.29, 0.717) is 11.5 Å². The fourth-order valence-corrected chi connectivity index (χ4v) is 2.75. The number of carbonyl (C=O) groups excluding carboxylic acids is 1. The Labute approximate surface area is 113 Å². The molecule has 0 aromatic heterocycles. The molecule has 2 atom stereocenters. The number of methoxy groups -OCH3 is 1. The smallest absolute Gasteiger partial charge is 0.337 e. The molecule has 0 radical (unpaired) electrons. The van der Waals surface area contributed by atoms with Crippen LogP contribution < -0.4 is 5.73 Å². The van der Waals surface area contributed by atoms with E-state index < -0.39 is 12.1 Å². The molecule has 0 spiro atoms. The zero-order chi connectivity index (χ0) is 13.8. The van der Waals surface area contributed by atoms with E-state index >= 15 is 0 Å². The van der Waals surface area contributed by atoms with Gasteiger partial charge >= 0.3 is 5.97 Å². The standard InChI is InChI=1S/C15H21NO3/c1-19-15(18)12-8-6-10(7-9-12)13(16)14(17)11-4-2-3-5-11/h6-9,11,13-14,17H,2-5,16H2,1H3/t13-,14+/m1/s1. The number of hydrogen-bond donors (Lipinski definition) is 2. The summed E-state index contributed by atoms with van der Waals surface area (Å²) in [5.41, 5.74) is 7.46. The van der Waals surface area contributed by atoms with Crippen molar-refractivity contribution in [2.45, 2.75) is 37.8 Å². The predicted octanol–water partition coefficient (Wildman–Crippen LogP) is 2.02. The van der Waals surface area contributed by atoms with Gasteiger partial charge in [-0.25, -0.2) is 4.79 Å². The molecule has 0 unspecified atom stereocenters. The Hall–Kier alpha value is -1.39. The van der Waals surface area contributed by atoms with Crippen LogP contribution in [-0.2, 0) is 4.74 Å². The van der Waals surface area contributed by atoms with Crippen molar-refractivity contribution >= 4 is 5.97 Å². The van der Waals surface area contributed by atoms with Crippen molar-refractivity contribution in [1.29, 1.82) is 0 Å². The Morgan fingerprint density at radius 2 is 1.89 bits per heavy atom. The highest BCUT2D eigenvalue weighted by molar-refractivity contribution is 5.89. The average molecular weight is 263 g/mol. The second-order valence-corrected chi connectivity index (χ2v) is 5.17. The summed E-state index contributed by atoms with van der Waals surface area (Å²) in [7, 11) is 1.35. The molecule has 1 aliphatic carbocycles. The van der Waals surface area contributed by atoms with Crippen LogP contribution in [-0.4, -0.2) is 24.3 Å². The summed E-state index contributed by atoms with van der Waals surface area (Å²) < 4.78 is 4.65. The Kier molecular flexibility index (Phi) is 4.56. The van der Waals surface area contributed by atoms with Crippen LogP contribution in [0, 0.1) is 5.92 Å². The zero-order valence-electron chi connectivity index (χ0n) is 11.2. The van der Waals surface area contributed by atoms with Gasteiger partial charge in [0, 0.05) is 0 Å². The third-order valence-corrected chi connectivity index (χ3v) is 3.97. The first-order valence-corrected chi connectivity index (χ1v) is 6.75. The van der Waals surface area contributed by atoms with Crippen molar-refractivity contribution in [2.24, 2.45) is 11.7 Å². The number of ether oxygens (including phenoxy) is 1. The van der Waals surface area contributed by atoms with Gasteiger partial charge in [-0.15, -0.1) is 0 Å². The highest BCUT2D eigenvalue weighted by Gasteiger charge is 2.28. The number of nitrogens with two attached hydrogens (primary N) is 1. The van der Waals surface area contributed by atoms with Gasteiger partial charge in [0.1, 0.15) is 0 Å². The van der Waals surface area contributed by atoms with Crippen LogP contribution in [0.3, 0.4) is 0 Å². The molecular weight excluding hydrogens is 242 g/mol. The van der Waals surface area contributed by atoms with Gasteiger partial charge in [0.2, 0.25) is 0 Å². The minimum atomic E-state index is -0.508. The average Bonchev–Trinajstić information content (AvgIpc) is 2.99. The first-order chi connectivity index (χ1) is 9.13. The lowest BCUT2D eigenvalue weighted by Crippen LogP contribution is -2.31. The molecule has 0 aliphatic heterocycles. The van der Waals surface area contributed by atoms with Crippen LogP contribution in [0.15, 0.2) is 24.3 Å². The van der Waals surface area contributed by atoms with Gasteiger partial charge in [-0.2, -0.15) is 0 Å². The van der Waals surface area contributed by atoms with Crippen LogP contribution >= 0.6 is 0 Å². The quantitative estimate of drug-likeness (QED) is 0.815. The second-order valence-electron chi connectivity index (χ2n) is 5.17. The van der Waals surface area contributed by atoms with Crippen molar-refractivity contribution in [1.82, 2.24) is 0 Å². The Morgan fingerprint density at radius 3 is 2.42 bits per heavy atom. The normalized spacial score (nSPS) is 19.1. The number of benzene rings is 1. The van der Waals surface area contributed by atoms with Gasteiger partial charge in [-0.1, -0.05) is 25.0 Å². The van der Waals surface area contributed by atoms with E-state index in [-0.39, 0.29) is 5.97 Å². The molecule has 0 amide bonds. The van der Waals surface area contributed by atoms with E-state index in [1.165, 1.54) is 20.0 Å². The van der Waals surface area contributed by atoms with Gasteiger partial charge in [0.25, 0.3) is 0 Å². The maximum Gasteiger partial charge on any atom is 0.337 e. The van der Waals surface area contributed by atoms with E-state index in [9.17, 15) is 9.90 Å². The van der Waals surface area contributed by atoms with Crippen LogP contribution in [0.2, 0.25) is 0 Å². The first kappa shape index (κ1) is 14.0. The van der Waals surface area contributed by atoms with Gasteiger partial charge in [0.05, 0.1) is 24.8 Å². The van der Waals surface area contributed by atoms with Gasteiger partial charge in [-0.05, 0) is 36.5 Å². The molecule has 0 saturated heterocycles. The van der Waals surface area contributed by atoms with Crippen molar-refractivity contribution < 1.29 is 14.6 Å². The van der Waals surface area contributed by atoms with E-state index in [2.05, 4.69) is 4.74 Å². The van der Waals surface area contributed by atoms with Gasteiger partial charge < -0.3 is 15.6 Å². The summed E-state index contributed by atoms with van der Waals surface area (Å²) in [4.78, 5) is 11.3. The summed E-state index contributed by atoms with van der Waals surface area (Å²) in [5, 5.41) is 10.3. The molecule has 19 heavy (non-hydrogen) atoms. The maximum atomic E-state index is 11.3. The first-order valence-electron chi connectivity index (χ1n) is 6.75. The molecule has 1 fully saturated rings. The Morgan fingerprint density at radius 1 is 1.32 bits per heavy atom. The Bertz CT molecular complexity index is 424. The third kappa shape index (κ3) is 3.14. The number of aliphatic hydroxyl groups is 1. The van der Waals surface area contributed by atoms with E-state index in [0.717, 1.165) is 18.4 Å². The fraction of sp³-hybridized carbons (Fsp3) is 0.533. The minimum Gasteiger partial charge on any atom is -0.465 e. The SMILES string of the molecule is COC(=O)c1ccc([C@@H](N)[C@@H](O)C2CCCC2)cc1. The maximum absolute atomic E-state index is 11.3. The van der Waals surface area contributed by atoms with E-state index in [4.69, 9.17) is 5.73 Å². The summed E-state index contributed by atoms with van der Waals surface area (Å²) in [6.45, 7) is 0. The molecule has 1 aromatic carbocycles. The van der Waals surface area contributed by atoms with Crippen LogP contribution in [0.4, 0.5) is 0 Å². The lowest BCUT2D eigenvalue weighted by Gasteiger charge is -2.24. The highest BCUT2D eigenvalue weighted by Crippen LogP contribution is 2.32. The van der Waals surface area contributed by atoms with Crippen LogP contribution in [0.5, 0.6) is 0 Å². The van der Waals surface area contributed by atoms with Crippen molar-refractivity contribution in [3.63, 3.8) is 0 Å². The molecular formula is C15H21NO3. The van der Waals surface area contributed by atoms with E-state index in [1.807, 2.05) is 0 Å². The molecule has 1 aliphatic rings. The minimum absolute atomic E-state index is 0.301. The van der Waals surface area contributed by atoms with Crippen molar-refractivity contribution in [3.8, 4) is 0 Å². The second kappa shape index (κ2) is 6.17. The molecule has 1 aromatic rings. The summed E-state index contributed by atoms with van der Waals surface area (Å²) in [5.74, 6) is -0.0632. The lowest BCUT2D eigenvalue weighted by molar-refractivity contribution is 0.0600. The molecule has 2 rings (SSSR count). The van der Waals surface area contributed by atoms with Crippen LogP contribution in [0.25, 0.3) is 0 Å². The Balaban J connectivity index is 2.06. The summed E-state index contributed by atoms with van der Waals surface area (Å²) in [6, 6.07) is 6.55. The van der Waals surface area contributed by atoms with Crippen LogP contribution in [0.1, 0.15) is 47.6 Å². The van der Waals surface area contributed by atoms with Gasteiger partial charge in [-0.3, -0.25) is 0 Å². The molecule has 3 N–H and O–H groups in total. The molecule has 4 nitrogen and oxygen atoms in total. The zero-order valence-corrected chi connectivity index (χ0v) is 11.2. The molecule has 1 saturated carbocycles. The molecule has 0 heterocycles. The lowest BCUT2D eigenvalue weighted by atomic mass is 9.90. The highest BCUT2D eigenvalue weighted by atomic mass is 16.5. The monoisotopic (exact) mass is 263 g/mol. The topological polar surface area (TPSA) is 72.5 Å². The molecule has 0 bridgehead atoms. The fourth-order valence-electron chi connectivity index (χ4n) is 2.75. The van der Waals surface area contributed by atoms with Gasteiger partial charge in [0.15, 0.2) is 0 Å². The number of hydrogen-bond acceptors (Lipinski definition) is 4.